The number of nitrogens with one attached hydrogen (secondary N) is 1. The van der Waals surface area contributed by atoms with Crippen LogP contribution in [0.4, 0.5) is 0 Å². The Balaban J connectivity index is 1.99. The zero-order valence-electron chi connectivity index (χ0n) is 14.4. The van der Waals surface area contributed by atoms with Crippen LogP contribution in [0.15, 0.2) is 90.7 Å². The lowest BCUT2D eigenvalue weighted by molar-refractivity contribution is 0.0956. The maximum Gasteiger partial charge on any atom is 0.251 e. The summed E-state index contributed by atoms with van der Waals surface area (Å²) in [7, 11) is 0. The molecule has 0 fully saturated rings. The van der Waals surface area contributed by atoms with Crippen molar-refractivity contribution in [2.45, 2.75) is 6.42 Å². The van der Waals surface area contributed by atoms with E-state index in [4.69, 9.17) is 0 Å². The Hall–Kier alpha value is -3.35. The molecule has 2 nitrogen and oxygen atoms in total. The fourth-order valence-electron chi connectivity index (χ4n) is 3.28. The normalized spacial score (nSPS) is 13.2. The molecule has 1 aliphatic rings. The second kappa shape index (κ2) is 7.26. The van der Waals surface area contributed by atoms with Crippen LogP contribution in [0.25, 0.3) is 11.1 Å². The Bertz CT molecular complexity index is 955. The number of amides is 1. The molecule has 1 heterocycles. The summed E-state index contributed by atoms with van der Waals surface area (Å²) < 4.78 is 0. The fraction of sp³-hybridized carbons (Fsp3) is 0.0833. The van der Waals surface area contributed by atoms with Gasteiger partial charge in [0.05, 0.1) is 0 Å². The van der Waals surface area contributed by atoms with Crippen LogP contribution >= 0.6 is 0 Å². The smallest absolute Gasteiger partial charge is 0.251 e. The Morgan fingerprint density at radius 3 is 1.88 bits per heavy atom. The lowest BCUT2D eigenvalue weighted by atomic mass is 9.94. The summed E-state index contributed by atoms with van der Waals surface area (Å²) in [4.78, 5) is 12.3. The van der Waals surface area contributed by atoms with E-state index in [9.17, 15) is 4.79 Å². The summed E-state index contributed by atoms with van der Waals surface area (Å²) in [5.41, 5.74) is 9.67. The van der Waals surface area contributed by atoms with E-state index in [1.165, 1.54) is 0 Å². The first-order valence-electron chi connectivity index (χ1n) is 8.81. The van der Waals surface area contributed by atoms with Crippen LogP contribution in [0.1, 0.15) is 33.5 Å². The molecule has 0 atom stereocenters. The summed E-state index contributed by atoms with van der Waals surface area (Å²) in [5, 5.41) is 2.97. The number of carbonyl (C=O) groups excluding carboxylic acids is 1. The molecule has 3 aromatic carbocycles. The van der Waals surface area contributed by atoms with Crippen LogP contribution in [0.2, 0.25) is 0 Å². The minimum atomic E-state index is -0.0154. The number of carbonyl (C=O) groups is 1. The Morgan fingerprint density at radius 2 is 1.27 bits per heavy atom. The molecule has 3 aromatic rings. The van der Waals surface area contributed by atoms with Crippen LogP contribution < -0.4 is 5.32 Å². The zero-order valence-corrected chi connectivity index (χ0v) is 14.4. The average Bonchev–Trinajstić information content (AvgIpc) is 2.87. The standard InChI is InChI=1S/C24H19NO/c26-24-22-14-8-7-13-21(22)20(15-16-25-24)17-23(18-9-3-1-4-10-18)19-11-5-2-6-12-19/h1-14H,15-16H2,(H,25,26). The highest BCUT2D eigenvalue weighted by molar-refractivity contribution is 6.01. The third kappa shape index (κ3) is 3.23. The summed E-state index contributed by atoms with van der Waals surface area (Å²) in [5.74, 6) is -0.0154. The van der Waals surface area contributed by atoms with Crippen molar-refractivity contribution in [3.63, 3.8) is 0 Å². The van der Waals surface area contributed by atoms with E-state index in [2.05, 4.69) is 35.3 Å². The van der Waals surface area contributed by atoms with Gasteiger partial charge in [-0.15, -0.1) is 5.73 Å². The molecule has 1 amide bonds. The largest absolute Gasteiger partial charge is 0.352 e. The van der Waals surface area contributed by atoms with E-state index in [1.54, 1.807) is 0 Å². The van der Waals surface area contributed by atoms with Crippen molar-refractivity contribution >= 4 is 17.1 Å². The predicted octanol–water partition coefficient (Wildman–Crippen LogP) is 4.93. The van der Waals surface area contributed by atoms with Gasteiger partial charge in [-0.2, -0.15) is 0 Å². The van der Waals surface area contributed by atoms with E-state index >= 15 is 0 Å². The van der Waals surface area contributed by atoms with Crippen molar-refractivity contribution in [2.24, 2.45) is 0 Å². The highest BCUT2D eigenvalue weighted by Gasteiger charge is 2.18. The van der Waals surface area contributed by atoms with Gasteiger partial charge >= 0.3 is 0 Å². The lowest BCUT2D eigenvalue weighted by Crippen LogP contribution is -2.22. The Labute approximate surface area is 153 Å². The zero-order chi connectivity index (χ0) is 17.8. The van der Waals surface area contributed by atoms with E-state index in [0.717, 1.165) is 34.3 Å². The van der Waals surface area contributed by atoms with E-state index in [0.29, 0.717) is 12.1 Å². The van der Waals surface area contributed by atoms with Gasteiger partial charge in [0.1, 0.15) is 0 Å². The highest BCUT2D eigenvalue weighted by Crippen LogP contribution is 2.28. The van der Waals surface area contributed by atoms with Crippen molar-refractivity contribution in [2.75, 3.05) is 6.54 Å². The third-order valence-corrected chi connectivity index (χ3v) is 4.56. The van der Waals surface area contributed by atoms with Crippen LogP contribution in [0.5, 0.6) is 0 Å². The average molecular weight is 337 g/mol. The molecule has 0 saturated carbocycles. The van der Waals surface area contributed by atoms with Crippen molar-refractivity contribution < 1.29 is 4.79 Å². The Kier molecular flexibility index (Phi) is 4.51. The second-order valence-electron chi connectivity index (χ2n) is 6.26. The number of benzene rings is 3. The molecule has 26 heavy (non-hydrogen) atoms. The minimum absolute atomic E-state index is 0.0154. The quantitative estimate of drug-likeness (QED) is 0.660. The molecule has 0 bridgehead atoms. The van der Waals surface area contributed by atoms with E-state index in [-0.39, 0.29) is 5.91 Å². The number of hydrogen-bond acceptors (Lipinski definition) is 1. The molecule has 0 spiro atoms. The number of rotatable bonds is 2. The van der Waals surface area contributed by atoms with Gasteiger partial charge in [-0.25, -0.2) is 0 Å². The van der Waals surface area contributed by atoms with Crippen LogP contribution in [-0.2, 0) is 0 Å². The number of fused-ring (bicyclic) bond motifs is 1. The summed E-state index contributed by atoms with van der Waals surface area (Å²) in [6.07, 6.45) is 0.756. The van der Waals surface area contributed by atoms with Crippen molar-refractivity contribution in [1.29, 1.82) is 0 Å². The maximum atomic E-state index is 12.3. The van der Waals surface area contributed by atoms with Crippen LogP contribution in [-0.4, -0.2) is 12.5 Å². The van der Waals surface area contributed by atoms with Crippen molar-refractivity contribution in [3.8, 4) is 0 Å². The van der Waals surface area contributed by atoms with Crippen LogP contribution in [0.3, 0.4) is 0 Å². The van der Waals surface area contributed by atoms with Gasteiger partial charge < -0.3 is 5.32 Å². The molecule has 0 aromatic heterocycles. The second-order valence-corrected chi connectivity index (χ2v) is 6.26. The molecular formula is C24H19NO. The molecule has 0 unspecified atom stereocenters. The molecular weight excluding hydrogens is 318 g/mol. The van der Waals surface area contributed by atoms with Gasteiger partial charge in [0.2, 0.25) is 0 Å². The molecule has 126 valence electrons. The third-order valence-electron chi connectivity index (χ3n) is 4.56. The molecule has 0 radical (unpaired) electrons. The van der Waals surface area contributed by atoms with Crippen LogP contribution in [0, 0.1) is 0 Å². The highest BCUT2D eigenvalue weighted by atomic mass is 16.1. The summed E-state index contributed by atoms with van der Waals surface area (Å²) >= 11 is 0. The van der Waals surface area contributed by atoms with Gasteiger partial charge in [0.25, 0.3) is 5.91 Å². The first-order chi connectivity index (χ1) is 12.8. The van der Waals surface area contributed by atoms with E-state index in [1.807, 2.05) is 60.7 Å². The summed E-state index contributed by atoms with van der Waals surface area (Å²) in [6.45, 7) is 0.618. The molecule has 2 heteroatoms. The first kappa shape index (κ1) is 16.1. The van der Waals surface area contributed by atoms with Gasteiger partial charge in [0, 0.05) is 23.3 Å². The first-order valence-corrected chi connectivity index (χ1v) is 8.81. The fourth-order valence-corrected chi connectivity index (χ4v) is 3.28. The summed E-state index contributed by atoms with van der Waals surface area (Å²) in [6, 6.07) is 28.4. The predicted molar refractivity (Wildman–Crippen MR) is 106 cm³/mol. The topological polar surface area (TPSA) is 29.1 Å². The van der Waals surface area contributed by atoms with Gasteiger partial charge in [-0.05, 0) is 29.2 Å². The molecule has 0 saturated heterocycles. The van der Waals surface area contributed by atoms with Gasteiger partial charge in [-0.3, -0.25) is 4.79 Å². The monoisotopic (exact) mass is 337 g/mol. The Morgan fingerprint density at radius 1 is 0.731 bits per heavy atom. The molecule has 1 aliphatic heterocycles. The van der Waals surface area contributed by atoms with Gasteiger partial charge in [0.15, 0.2) is 0 Å². The lowest BCUT2D eigenvalue weighted by Gasteiger charge is -2.09. The molecule has 0 aliphatic carbocycles. The maximum absolute atomic E-state index is 12.3. The van der Waals surface area contributed by atoms with Crippen molar-refractivity contribution in [1.82, 2.24) is 5.32 Å². The minimum Gasteiger partial charge on any atom is -0.352 e. The molecule has 1 N–H and O–H groups in total. The van der Waals surface area contributed by atoms with Crippen molar-refractivity contribution in [3.05, 3.63) is 113 Å². The van der Waals surface area contributed by atoms with Gasteiger partial charge in [-0.1, -0.05) is 78.9 Å². The SMILES string of the molecule is O=C1NCCC(=C=C(c2ccccc2)c2ccccc2)c2ccccc21. The van der Waals surface area contributed by atoms with E-state index < -0.39 is 0 Å². The molecule has 4 rings (SSSR count). The number of hydrogen-bond donors (Lipinski definition) is 1.